The van der Waals surface area contributed by atoms with Crippen molar-refractivity contribution in [2.75, 3.05) is 10.6 Å². The number of benzene rings is 6. The highest BCUT2D eigenvalue weighted by Gasteiger charge is 2.23. The first-order valence-electron chi connectivity index (χ1n) is 16.4. The Hall–Kier alpha value is -6.09. The highest BCUT2D eigenvalue weighted by atomic mass is 35.5. The summed E-state index contributed by atoms with van der Waals surface area (Å²) in [6.45, 7) is 0.423. The zero-order chi connectivity index (χ0) is 36.1. The number of rotatable bonds is 13. The topological polar surface area (TPSA) is 96.5 Å². The molecule has 6 rings (SSSR count). The van der Waals surface area contributed by atoms with Gasteiger partial charge in [-0.3, -0.25) is 14.4 Å². The van der Waals surface area contributed by atoms with E-state index in [1.165, 1.54) is 11.8 Å². The summed E-state index contributed by atoms with van der Waals surface area (Å²) in [5, 5.41) is 8.47. The average Bonchev–Trinajstić information content (AvgIpc) is 3.18. The lowest BCUT2D eigenvalue weighted by atomic mass is 10.1. The zero-order valence-electron chi connectivity index (χ0n) is 27.9. The second-order valence-corrected chi connectivity index (χ2v) is 13.2. The third kappa shape index (κ3) is 10.0. The molecule has 258 valence electrons. The first-order chi connectivity index (χ1) is 25.4. The van der Waals surface area contributed by atoms with E-state index in [-0.39, 0.29) is 11.6 Å². The predicted molar refractivity (Wildman–Crippen MR) is 209 cm³/mol. The van der Waals surface area contributed by atoms with Crippen molar-refractivity contribution in [3.05, 3.63) is 197 Å². The number of carbonyl (C=O) groups is 3. The molecule has 3 amide bonds. The van der Waals surface area contributed by atoms with Crippen LogP contribution in [-0.2, 0) is 16.2 Å². The first kappa shape index (κ1) is 35.7. The largest absolute Gasteiger partial charge is 0.489 e. The summed E-state index contributed by atoms with van der Waals surface area (Å²) in [4.78, 5) is 41.4. The maximum atomic E-state index is 13.8. The Balaban J connectivity index is 1.21. The molecule has 0 aromatic heterocycles. The normalized spacial score (nSPS) is 11.6. The number of ether oxygens (including phenoxy) is 1. The van der Waals surface area contributed by atoms with Crippen molar-refractivity contribution in [1.29, 1.82) is 0 Å². The Labute approximate surface area is 311 Å². The summed E-state index contributed by atoms with van der Waals surface area (Å²) in [5.74, 6) is -0.524. The summed E-state index contributed by atoms with van der Waals surface area (Å²) < 4.78 is 5.91. The number of hydrogen-bond donors (Lipinski definition) is 3. The second kappa shape index (κ2) is 17.7. The molecule has 0 bridgehead atoms. The van der Waals surface area contributed by atoms with Gasteiger partial charge in [-0.25, -0.2) is 0 Å². The summed E-state index contributed by atoms with van der Waals surface area (Å²) in [7, 11) is 0. The molecule has 0 aliphatic carbocycles. The minimum Gasteiger partial charge on any atom is -0.489 e. The van der Waals surface area contributed by atoms with E-state index in [0.717, 1.165) is 16.0 Å². The number of anilines is 2. The lowest BCUT2D eigenvalue weighted by molar-refractivity contribution is -0.116. The van der Waals surface area contributed by atoms with Gasteiger partial charge < -0.3 is 20.7 Å². The zero-order valence-corrected chi connectivity index (χ0v) is 29.4. The van der Waals surface area contributed by atoms with E-state index in [0.29, 0.717) is 39.9 Å². The first-order valence-corrected chi connectivity index (χ1v) is 17.7. The van der Waals surface area contributed by atoms with Gasteiger partial charge in [0.1, 0.15) is 23.3 Å². The van der Waals surface area contributed by atoms with Crippen LogP contribution in [-0.4, -0.2) is 17.7 Å². The molecule has 1 atom stereocenters. The Kier molecular flexibility index (Phi) is 12.2. The molecule has 0 saturated carbocycles. The van der Waals surface area contributed by atoms with Crippen LogP contribution in [0.25, 0.3) is 6.08 Å². The average molecular weight is 724 g/mol. The van der Waals surface area contributed by atoms with Gasteiger partial charge >= 0.3 is 0 Å². The molecule has 7 nitrogen and oxygen atoms in total. The van der Waals surface area contributed by atoms with Crippen LogP contribution in [0.4, 0.5) is 11.4 Å². The third-order valence-corrected chi connectivity index (χ3v) is 9.36. The summed E-state index contributed by atoms with van der Waals surface area (Å²) in [5.41, 5.74) is 3.99. The number of halogens is 1. The van der Waals surface area contributed by atoms with Gasteiger partial charge in [-0.05, 0) is 77.4 Å². The summed E-state index contributed by atoms with van der Waals surface area (Å²) >= 11 is 7.67. The Morgan fingerprint density at radius 3 is 2.06 bits per heavy atom. The molecule has 0 aliphatic rings. The van der Waals surface area contributed by atoms with Crippen LogP contribution in [0.15, 0.2) is 174 Å². The van der Waals surface area contributed by atoms with Crippen molar-refractivity contribution >= 4 is 58.5 Å². The molecule has 0 radical (unpaired) electrons. The van der Waals surface area contributed by atoms with Gasteiger partial charge in [-0.15, -0.1) is 11.8 Å². The molecule has 0 spiro atoms. The SMILES string of the molecule is O=C(Nc1cccc(SC(C(=O)Nc2ccccc2Cl)c2ccccc2)c1)/C(=C/c1ccc(OCc2ccccc2)cc1)NC(=O)c1ccccc1. The van der Waals surface area contributed by atoms with E-state index in [1.54, 1.807) is 72.8 Å². The minimum absolute atomic E-state index is 0.0474. The van der Waals surface area contributed by atoms with Gasteiger partial charge in [0.25, 0.3) is 11.8 Å². The number of amides is 3. The standard InChI is InChI=1S/C43H34ClN3O4S/c44-37-21-10-11-22-38(37)46-43(50)40(32-15-6-2-7-16-32)52-36-20-12-19-34(28-36)45-42(49)39(47-41(48)33-17-8-3-9-18-33)27-30-23-25-35(26-24-30)51-29-31-13-4-1-5-14-31/h1-28,40H,29H2,(H,45,49)(H,46,50)(H,47,48)/b39-27-. The molecule has 52 heavy (non-hydrogen) atoms. The van der Waals surface area contributed by atoms with Gasteiger partial charge in [0.05, 0.1) is 10.7 Å². The molecule has 9 heteroatoms. The Morgan fingerprint density at radius 1 is 0.692 bits per heavy atom. The van der Waals surface area contributed by atoms with Gasteiger partial charge in [-0.2, -0.15) is 0 Å². The molecule has 0 fully saturated rings. The highest BCUT2D eigenvalue weighted by molar-refractivity contribution is 8.00. The minimum atomic E-state index is -0.622. The van der Waals surface area contributed by atoms with Gasteiger partial charge in [0.15, 0.2) is 0 Å². The number of para-hydroxylation sites is 1. The maximum Gasteiger partial charge on any atom is 0.272 e. The van der Waals surface area contributed by atoms with Crippen LogP contribution in [0, 0.1) is 0 Å². The molecular weight excluding hydrogens is 690 g/mol. The van der Waals surface area contributed by atoms with Crippen LogP contribution in [0.5, 0.6) is 5.75 Å². The third-order valence-electron chi connectivity index (χ3n) is 7.79. The fourth-order valence-electron chi connectivity index (χ4n) is 5.15. The van der Waals surface area contributed by atoms with Crippen molar-refractivity contribution in [2.45, 2.75) is 16.8 Å². The van der Waals surface area contributed by atoms with Crippen LogP contribution < -0.4 is 20.7 Å². The number of carbonyl (C=O) groups excluding carboxylic acids is 3. The van der Waals surface area contributed by atoms with Crippen LogP contribution >= 0.6 is 23.4 Å². The van der Waals surface area contributed by atoms with E-state index >= 15 is 0 Å². The number of nitrogens with one attached hydrogen (secondary N) is 3. The monoisotopic (exact) mass is 723 g/mol. The van der Waals surface area contributed by atoms with Gasteiger partial charge in [0, 0.05) is 16.1 Å². The smallest absolute Gasteiger partial charge is 0.272 e. The summed E-state index contributed by atoms with van der Waals surface area (Å²) in [6.07, 6.45) is 1.61. The lowest BCUT2D eigenvalue weighted by Crippen LogP contribution is -2.30. The highest BCUT2D eigenvalue weighted by Crippen LogP contribution is 2.38. The van der Waals surface area contributed by atoms with Crippen molar-refractivity contribution < 1.29 is 19.1 Å². The Bertz CT molecular complexity index is 2160. The Morgan fingerprint density at radius 2 is 1.35 bits per heavy atom. The molecular formula is C43H34ClN3O4S. The molecule has 6 aromatic rings. The lowest BCUT2D eigenvalue weighted by Gasteiger charge is -2.18. The molecule has 0 aliphatic heterocycles. The van der Waals surface area contributed by atoms with Crippen molar-refractivity contribution in [1.82, 2.24) is 5.32 Å². The second-order valence-electron chi connectivity index (χ2n) is 11.6. The van der Waals surface area contributed by atoms with Crippen LogP contribution in [0.2, 0.25) is 5.02 Å². The molecule has 3 N–H and O–H groups in total. The van der Waals surface area contributed by atoms with E-state index in [1.807, 2.05) is 97.1 Å². The number of hydrogen-bond acceptors (Lipinski definition) is 5. The quantitative estimate of drug-likeness (QED) is 0.0815. The van der Waals surface area contributed by atoms with Crippen molar-refractivity contribution in [3.8, 4) is 5.75 Å². The van der Waals surface area contributed by atoms with Gasteiger partial charge in [0.2, 0.25) is 5.91 Å². The fourth-order valence-corrected chi connectivity index (χ4v) is 6.42. The van der Waals surface area contributed by atoms with E-state index in [4.69, 9.17) is 16.3 Å². The van der Waals surface area contributed by atoms with Gasteiger partial charge in [-0.1, -0.05) is 121 Å². The molecule has 1 unspecified atom stereocenters. The molecule has 6 aromatic carbocycles. The van der Waals surface area contributed by atoms with E-state index in [2.05, 4.69) is 16.0 Å². The predicted octanol–water partition coefficient (Wildman–Crippen LogP) is 9.80. The van der Waals surface area contributed by atoms with E-state index < -0.39 is 17.1 Å². The summed E-state index contributed by atoms with van der Waals surface area (Å²) in [6, 6.07) is 49.5. The molecule has 0 heterocycles. The maximum absolute atomic E-state index is 13.8. The van der Waals surface area contributed by atoms with E-state index in [9.17, 15) is 14.4 Å². The van der Waals surface area contributed by atoms with Crippen molar-refractivity contribution in [2.24, 2.45) is 0 Å². The number of thioether (sulfide) groups is 1. The van der Waals surface area contributed by atoms with Crippen LogP contribution in [0.3, 0.4) is 0 Å². The van der Waals surface area contributed by atoms with Crippen molar-refractivity contribution in [3.63, 3.8) is 0 Å². The fraction of sp³-hybridized carbons (Fsp3) is 0.0465. The van der Waals surface area contributed by atoms with Crippen LogP contribution in [0.1, 0.15) is 32.3 Å². The molecule has 0 saturated heterocycles.